The normalized spacial score (nSPS) is 11.3. The Balaban J connectivity index is 0.00000306. The van der Waals surface area contributed by atoms with Gasteiger partial charge in [-0.15, -0.1) is 22.7 Å². The summed E-state index contributed by atoms with van der Waals surface area (Å²) in [5.74, 6) is 0. The molecule has 3 aromatic heterocycles. The summed E-state index contributed by atoms with van der Waals surface area (Å²) in [6.45, 7) is 19.6. The Morgan fingerprint density at radius 2 is 1.37 bits per heavy atom. The van der Waals surface area contributed by atoms with E-state index in [1.165, 1.54) is 62.3 Å². The first-order valence-corrected chi connectivity index (χ1v) is 14.2. The molecule has 0 saturated carbocycles. The van der Waals surface area contributed by atoms with Crippen molar-refractivity contribution >= 4 is 39.8 Å². The molecule has 3 rings (SSSR count). The summed E-state index contributed by atoms with van der Waals surface area (Å²) in [7, 11) is 0. The number of quaternary nitrogens is 1. The zero-order valence-electron chi connectivity index (χ0n) is 21.8. The largest absolute Gasteiger partial charge is 1.00 e. The number of hydrogen-bond donors (Lipinski definition) is 0. The molecule has 0 aliphatic carbocycles. The third kappa shape index (κ3) is 8.81. The van der Waals surface area contributed by atoms with E-state index in [1.807, 2.05) is 22.7 Å². The summed E-state index contributed by atoms with van der Waals surface area (Å²) < 4.78 is 3.55. The average molecular weight is 644 g/mol. The van der Waals surface area contributed by atoms with Crippen molar-refractivity contribution in [2.75, 3.05) is 44.2 Å². The zero-order chi connectivity index (χ0) is 23.7. The van der Waals surface area contributed by atoms with Crippen LogP contribution in [0.5, 0.6) is 0 Å². The van der Waals surface area contributed by atoms with Crippen molar-refractivity contribution in [1.82, 2.24) is 0 Å². The minimum atomic E-state index is 0. The molecule has 0 bridgehead atoms. The van der Waals surface area contributed by atoms with Crippen molar-refractivity contribution in [3.05, 3.63) is 59.2 Å². The maximum absolute atomic E-state index is 2.41. The van der Waals surface area contributed by atoms with Gasteiger partial charge in [0, 0.05) is 39.9 Å². The predicted octanol–water partition coefficient (Wildman–Crippen LogP) is 1.06. The van der Waals surface area contributed by atoms with Gasteiger partial charge in [0.15, 0.2) is 18.9 Å². The van der Waals surface area contributed by atoms with Gasteiger partial charge in [-0.1, -0.05) is 6.08 Å². The first-order chi connectivity index (χ1) is 16.1. The topological polar surface area (TPSA) is 7.12 Å². The fourth-order valence-electron chi connectivity index (χ4n) is 4.38. The molecular weight excluding hydrogens is 602 g/mol. The number of aromatic nitrogens is 1. The summed E-state index contributed by atoms with van der Waals surface area (Å²) in [6, 6.07) is 13.5. The van der Waals surface area contributed by atoms with E-state index in [1.54, 1.807) is 0 Å². The number of aryl methyl sites for hydroxylation is 1. The standard InChI is InChI=1S/C28H41N3S2.2BrH/c1-6-30(7-2)28-17-16-27(33-28)26-15-14-25(32-26)13-12-24-18-21-29(22-19-24)20-11-23-31(8-3,9-4)10-5;;/h12-19,21-22H,6-11,20,23H2,1-5H3;2*1H/q+2;;/p-2. The second-order valence-corrected chi connectivity index (χ2v) is 10.8. The van der Waals surface area contributed by atoms with E-state index < -0.39 is 0 Å². The van der Waals surface area contributed by atoms with E-state index in [4.69, 9.17) is 0 Å². The molecule has 35 heavy (non-hydrogen) atoms. The molecule has 0 atom stereocenters. The van der Waals surface area contributed by atoms with E-state index in [9.17, 15) is 0 Å². The summed E-state index contributed by atoms with van der Waals surface area (Å²) >= 11 is 3.76. The van der Waals surface area contributed by atoms with Gasteiger partial charge in [-0.25, -0.2) is 4.57 Å². The van der Waals surface area contributed by atoms with Gasteiger partial charge in [0.25, 0.3) is 0 Å². The molecule has 7 heteroatoms. The van der Waals surface area contributed by atoms with Crippen LogP contribution in [0.25, 0.3) is 21.9 Å². The lowest BCUT2D eigenvalue weighted by molar-refractivity contribution is -0.925. The van der Waals surface area contributed by atoms with Gasteiger partial charge < -0.3 is 43.3 Å². The molecule has 0 saturated heterocycles. The zero-order valence-corrected chi connectivity index (χ0v) is 26.6. The van der Waals surface area contributed by atoms with Crippen LogP contribution in [0.1, 0.15) is 51.5 Å². The van der Waals surface area contributed by atoms with Gasteiger partial charge in [-0.05, 0) is 70.5 Å². The second kappa shape index (κ2) is 16.0. The van der Waals surface area contributed by atoms with Crippen LogP contribution in [-0.2, 0) is 6.54 Å². The van der Waals surface area contributed by atoms with E-state index in [2.05, 4.69) is 105 Å². The lowest BCUT2D eigenvalue weighted by atomic mass is 10.2. The number of nitrogens with zero attached hydrogens (tertiary/aromatic N) is 3. The smallest absolute Gasteiger partial charge is 0.169 e. The van der Waals surface area contributed by atoms with Gasteiger partial charge in [-0.3, -0.25) is 0 Å². The van der Waals surface area contributed by atoms with Crippen LogP contribution in [0.15, 0.2) is 48.8 Å². The van der Waals surface area contributed by atoms with Crippen LogP contribution >= 0.6 is 22.7 Å². The Morgan fingerprint density at radius 1 is 0.771 bits per heavy atom. The molecule has 3 nitrogen and oxygen atoms in total. The number of anilines is 1. The van der Waals surface area contributed by atoms with Gasteiger partial charge in [0.05, 0.1) is 37.6 Å². The first kappa shape index (κ1) is 32.0. The van der Waals surface area contributed by atoms with E-state index >= 15 is 0 Å². The van der Waals surface area contributed by atoms with Crippen LogP contribution < -0.4 is 43.4 Å². The number of pyridine rings is 1. The summed E-state index contributed by atoms with van der Waals surface area (Å²) in [5.41, 5.74) is 1.25. The number of halogens is 2. The van der Waals surface area contributed by atoms with E-state index in [0.717, 1.165) is 19.6 Å². The molecule has 0 fully saturated rings. The molecule has 0 unspecified atom stereocenters. The average Bonchev–Trinajstić information content (AvgIpc) is 3.53. The highest BCUT2D eigenvalue weighted by atomic mass is 79.9. The van der Waals surface area contributed by atoms with E-state index in [-0.39, 0.29) is 34.0 Å². The molecule has 194 valence electrons. The SMILES string of the molecule is CCN(CC)c1ccc(-c2ccc(/C=C/c3cc[n+](CCC[N+](CC)(CC)CC)cc3)s2)s1.[Br-].[Br-]. The first-order valence-electron chi connectivity index (χ1n) is 12.5. The van der Waals surface area contributed by atoms with Gasteiger partial charge in [0.2, 0.25) is 0 Å². The highest BCUT2D eigenvalue weighted by Gasteiger charge is 2.20. The summed E-state index contributed by atoms with van der Waals surface area (Å²) in [6.07, 6.45) is 10.1. The Morgan fingerprint density at radius 3 is 1.97 bits per heavy atom. The summed E-state index contributed by atoms with van der Waals surface area (Å²) in [5, 5.41) is 1.36. The fraction of sp³-hybridized carbons (Fsp3) is 0.464. The molecule has 0 N–H and O–H groups in total. The number of thiophene rings is 2. The Labute approximate surface area is 242 Å². The van der Waals surface area contributed by atoms with Crippen LogP contribution in [-0.4, -0.2) is 43.8 Å². The molecule has 0 aliphatic rings. The Kier molecular flexibility index (Phi) is 14.6. The molecule has 0 aliphatic heterocycles. The van der Waals surface area contributed by atoms with Crippen LogP contribution in [0.2, 0.25) is 0 Å². The quantitative estimate of drug-likeness (QED) is 0.200. The highest BCUT2D eigenvalue weighted by Crippen LogP contribution is 2.37. The lowest BCUT2D eigenvalue weighted by Gasteiger charge is -2.35. The monoisotopic (exact) mass is 641 g/mol. The van der Waals surface area contributed by atoms with Crippen molar-refractivity contribution < 1.29 is 43.0 Å². The molecule has 0 amide bonds. The third-order valence-electron chi connectivity index (χ3n) is 6.95. The van der Waals surface area contributed by atoms with Crippen molar-refractivity contribution in [3.63, 3.8) is 0 Å². The maximum atomic E-state index is 2.41. The number of hydrogen-bond acceptors (Lipinski definition) is 3. The van der Waals surface area contributed by atoms with Gasteiger partial charge in [-0.2, -0.15) is 0 Å². The van der Waals surface area contributed by atoms with Crippen LogP contribution in [0.3, 0.4) is 0 Å². The molecule has 3 aromatic rings. The van der Waals surface area contributed by atoms with Gasteiger partial charge in [0.1, 0.15) is 0 Å². The highest BCUT2D eigenvalue weighted by molar-refractivity contribution is 7.24. The minimum Gasteiger partial charge on any atom is -1.00 e. The molecule has 3 heterocycles. The molecule has 0 spiro atoms. The molecule has 0 radical (unpaired) electrons. The maximum Gasteiger partial charge on any atom is 0.169 e. The second-order valence-electron chi connectivity index (χ2n) is 8.58. The fourth-order valence-corrected chi connectivity index (χ4v) is 6.52. The van der Waals surface area contributed by atoms with E-state index in [0.29, 0.717) is 0 Å². The van der Waals surface area contributed by atoms with Crippen molar-refractivity contribution in [2.24, 2.45) is 0 Å². The molecular formula is C28H41Br2N3S2. The van der Waals surface area contributed by atoms with Crippen molar-refractivity contribution in [3.8, 4) is 9.75 Å². The lowest BCUT2D eigenvalue weighted by Crippen LogP contribution is -3.00. The van der Waals surface area contributed by atoms with Crippen molar-refractivity contribution in [2.45, 2.75) is 47.6 Å². The minimum absolute atomic E-state index is 0. The predicted molar refractivity (Wildman–Crippen MR) is 148 cm³/mol. The third-order valence-corrected chi connectivity index (χ3v) is 9.35. The van der Waals surface area contributed by atoms with Crippen molar-refractivity contribution in [1.29, 1.82) is 0 Å². The Hall–Kier alpha value is -0.990. The Bertz CT molecular complexity index is 995. The van der Waals surface area contributed by atoms with Crippen LogP contribution in [0.4, 0.5) is 5.00 Å². The molecule has 0 aromatic carbocycles. The number of rotatable bonds is 13. The summed E-state index contributed by atoms with van der Waals surface area (Å²) in [4.78, 5) is 6.42. The van der Waals surface area contributed by atoms with Gasteiger partial charge >= 0.3 is 0 Å². The van der Waals surface area contributed by atoms with Crippen LogP contribution in [0, 0.1) is 0 Å².